The van der Waals surface area contributed by atoms with E-state index in [1.54, 1.807) is 0 Å². The minimum absolute atomic E-state index is 0.416. The van der Waals surface area contributed by atoms with Crippen molar-refractivity contribution in [1.29, 1.82) is 0 Å². The minimum Gasteiger partial charge on any atom is -0.362 e. The van der Waals surface area contributed by atoms with E-state index in [4.69, 9.17) is 4.99 Å². The van der Waals surface area contributed by atoms with E-state index in [0.29, 0.717) is 16.7 Å². The van der Waals surface area contributed by atoms with Crippen LogP contribution in [-0.2, 0) is 0 Å². The Kier molecular flexibility index (Phi) is 5.53. The third kappa shape index (κ3) is 5.22. The van der Waals surface area contributed by atoms with Gasteiger partial charge in [-0.3, -0.25) is 4.99 Å². The molecule has 1 aliphatic heterocycles. The van der Waals surface area contributed by atoms with Gasteiger partial charge in [-0.2, -0.15) is 11.8 Å². The molecule has 0 radical (unpaired) electrons. The fourth-order valence-electron chi connectivity index (χ4n) is 2.92. The van der Waals surface area contributed by atoms with Gasteiger partial charge in [-0.15, -0.1) is 0 Å². The molecule has 0 amide bonds. The fraction of sp³-hybridized carbons (Fsp3) is 0.933. The third-order valence-electron chi connectivity index (χ3n) is 3.67. The topological polar surface area (TPSA) is 24.4 Å². The number of hydrogen-bond donors (Lipinski definition) is 1. The molecule has 0 aromatic carbocycles. The molecule has 3 atom stereocenters. The summed E-state index contributed by atoms with van der Waals surface area (Å²) in [7, 11) is 0. The van der Waals surface area contributed by atoms with Gasteiger partial charge in [-0.25, -0.2) is 0 Å². The number of thioether (sulfide) groups is 2. The van der Waals surface area contributed by atoms with Crippen LogP contribution in [0.4, 0.5) is 0 Å². The fourth-order valence-corrected chi connectivity index (χ4v) is 5.49. The lowest BCUT2D eigenvalue weighted by atomic mass is 9.90. The molecule has 2 rings (SSSR count). The van der Waals surface area contributed by atoms with Crippen LogP contribution in [0.15, 0.2) is 4.99 Å². The highest BCUT2D eigenvalue weighted by atomic mass is 32.2. The van der Waals surface area contributed by atoms with Crippen molar-refractivity contribution in [2.24, 2.45) is 10.4 Å². The number of nitrogens with zero attached hydrogens (tertiary/aromatic N) is 1. The number of nitrogens with one attached hydrogen (secondary N) is 1. The molecule has 0 aromatic rings. The van der Waals surface area contributed by atoms with Crippen LogP contribution in [0.3, 0.4) is 0 Å². The van der Waals surface area contributed by atoms with E-state index in [2.05, 4.69) is 44.8 Å². The minimum atomic E-state index is 0.416. The number of hydrogen-bond acceptors (Lipinski definition) is 4. The summed E-state index contributed by atoms with van der Waals surface area (Å²) in [5, 5.41) is 6.45. The van der Waals surface area contributed by atoms with Gasteiger partial charge in [0.2, 0.25) is 0 Å². The number of amidine groups is 1. The van der Waals surface area contributed by atoms with Crippen molar-refractivity contribution < 1.29 is 0 Å². The average molecular weight is 301 g/mol. The molecule has 0 aromatic heterocycles. The van der Waals surface area contributed by atoms with Gasteiger partial charge in [0.1, 0.15) is 0 Å². The number of aliphatic imine (C=N–C) groups is 1. The Balaban J connectivity index is 1.71. The van der Waals surface area contributed by atoms with Crippen LogP contribution in [-0.4, -0.2) is 34.0 Å². The largest absolute Gasteiger partial charge is 0.362 e. The second-order valence-electron chi connectivity index (χ2n) is 6.88. The summed E-state index contributed by atoms with van der Waals surface area (Å²) in [6.45, 7) is 10.2. The predicted molar refractivity (Wildman–Crippen MR) is 90.4 cm³/mol. The highest BCUT2D eigenvalue weighted by Gasteiger charge is 2.29. The van der Waals surface area contributed by atoms with Gasteiger partial charge in [0.15, 0.2) is 5.17 Å². The molecule has 2 aliphatic rings. The maximum absolute atomic E-state index is 4.70. The van der Waals surface area contributed by atoms with Crippen molar-refractivity contribution in [3.63, 3.8) is 0 Å². The lowest BCUT2D eigenvalue weighted by molar-refractivity contribution is 0.375. The second-order valence-corrected chi connectivity index (χ2v) is 9.75. The molecule has 1 aliphatic carbocycles. The summed E-state index contributed by atoms with van der Waals surface area (Å²) in [5.74, 6) is 1.25. The summed E-state index contributed by atoms with van der Waals surface area (Å²) in [4.78, 5) is 4.70. The second kappa shape index (κ2) is 6.75. The van der Waals surface area contributed by atoms with E-state index in [1.165, 1.54) is 36.6 Å². The maximum atomic E-state index is 4.70. The normalized spacial score (nSPS) is 31.6. The summed E-state index contributed by atoms with van der Waals surface area (Å²) in [5.41, 5.74) is 0.416. The van der Waals surface area contributed by atoms with E-state index in [1.807, 2.05) is 11.8 Å². The van der Waals surface area contributed by atoms with Crippen LogP contribution >= 0.6 is 23.5 Å². The van der Waals surface area contributed by atoms with Crippen LogP contribution in [0.2, 0.25) is 0 Å². The third-order valence-corrected chi connectivity index (χ3v) is 6.02. The van der Waals surface area contributed by atoms with Crippen molar-refractivity contribution in [3.05, 3.63) is 0 Å². The smallest absolute Gasteiger partial charge is 0.157 e. The summed E-state index contributed by atoms with van der Waals surface area (Å²) >= 11 is 4.09. The average Bonchev–Trinajstić information content (AvgIpc) is 2.88. The zero-order chi connectivity index (χ0) is 13.9. The summed E-state index contributed by atoms with van der Waals surface area (Å²) in [6, 6.07) is 0.670. The first-order valence-corrected chi connectivity index (χ1v) is 9.48. The molecule has 0 saturated heterocycles. The van der Waals surface area contributed by atoms with E-state index in [9.17, 15) is 0 Å². The SMILES string of the molecule is CCSC1CCC(NC2=NCC(CC(C)(C)C)S2)C1. The Morgan fingerprint density at radius 2 is 2.16 bits per heavy atom. The summed E-state index contributed by atoms with van der Waals surface area (Å²) < 4.78 is 0. The Morgan fingerprint density at radius 3 is 2.84 bits per heavy atom. The Morgan fingerprint density at radius 1 is 1.37 bits per heavy atom. The van der Waals surface area contributed by atoms with E-state index in [-0.39, 0.29) is 0 Å². The lowest BCUT2D eigenvalue weighted by Gasteiger charge is -2.22. The van der Waals surface area contributed by atoms with Crippen molar-refractivity contribution in [2.75, 3.05) is 12.3 Å². The molecule has 0 bridgehead atoms. The van der Waals surface area contributed by atoms with Gasteiger partial charge < -0.3 is 5.32 Å². The first kappa shape index (κ1) is 15.6. The Bertz CT molecular complexity index is 323. The highest BCUT2D eigenvalue weighted by Crippen LogP contribution is 2.33. The van der Waals surface area contributed by atoms with Crippen LogP contribution in [0.25, 0.3) is 0 Å². The molecule has 0 spiro atoms. The Labute approximate surface area is 127 Å². The molecule has 1 saturated carbocycles. The maximum Gasteiger partial charge on any atom is 0.157 e. The van der Waals surface area contributed by atoms with Crippen LogP contribution in [0.1, 0.15) is 53.4 Å². The van der Waals surface area contributed by atoms with Crippen molar-refractivity contribution in [1.82, 2.24) is 5.32 Å². The zero-order valence-corrected chi connectivity index (χ0v) is 14.4. The first-order valence-electron chi connectivity index (χ1n) is 7.55. The molecule has 1 heterocycles. The van der Waals surface area contributed by atoms with Crippen molar-refractivity contribution in [2.45, 2.75) is 69.9 Å². The van der Waals surface area contributed by atoms with Crippen LogP contribution < -0.4 is 5.32 Å². The first-order chi connectivity index (χ1) is 8.96. The molecule has 19 heavy (non-hydrogen) atoms. The van der Waals surface area contributed by atoms with E-state index < -0.39 is 0 Å². The van der Waals surface area contributed by atoms with Crippen molar-refractivity contribution in [3.8, 4) is 0 Å². The molecule has 1 N–H and O–H groups in total. The van der Waals surface area contributed by atoms with Crippen molar-refractivity contribution >= 4 is 28.7 Å². The van der Waals surface area contributed by atoms with Crippen LogP contribution in [0.5, 0.6) is 0 Å². The van der Waals surface area contributed by atoms with E-state index in [0.717, 1.165) is 11.8 Å². The predicted octanol–water partition coefficient (Wildman–Crippen LogP) is 4.16. The quantitative estimate of drug-likeness (QED) is 0.844. The molecular weight excluding hydrogens is 272 g/mol. The van der Waals surface area contributed by atoms with Gasteiger partial charge in [0.05, 0.1) is 6.54 Å². The molecule has 110 valence electrons. The van der Waals surface area contributed by atoms with Gasteiger partial charge in [0.25, 0.3) is 0 Å². The standard InChI is InChI=1S/C15H28N2S2/c1-5-18-12-7-6-11(8-12)17-14-16-10-13(19-14)9-15(2,3)4/h11-13H,5-10H2,1-4H3,(H,16,17). The van der Waals surface area contributed by atoms with Gasteiger partial charge in [0, 0.05) is 16.5 Å². The van der Waals surface area contributed by atoms with Gasteiger partial charge >= 0.3 is 0 Å². The molecule has 2 nitrogen and oxygen atoms in total. The summed E-state index contributed by atoms with van der Waals surface area (Å²) in [6.07, 6.45) is 5.27. The lowest BCUT2D eigenvalue weighted by Crippen LogP contribution is -2.30. The molecular formula is C15H28N2S2. The molecule has 1 fully saturated rings. The molecule has 3 unspecified atom stereocenters. The Hall–Kier alpha value is 0.170. The van der Waals surface area contributed by atoms with Gasteiger partial charge in [-0.1, -0.05) is 39.5 Å². The van der Waals surface area contributed by atoms with Gasteiger partial charge in [-0.05, 0) is 36.9 Å². The van der Waals surface area contributed by atoms with Crippen LogP contribution in [0, 0.1) is 5.41 Å². The monoisotopic (exact) mass is 300 g/mol. The highest BCUT2D eigenvalue weighted by molar-refractivity contribution is 8.14. The molecule has 4 heteroatoms. The zero-order valence-electron chi connectivity index (χ0n) is 12.7. The number of rotatable bonds is 4. The van der Waals surface area contributed by atoms with E-state index >= 15 is 0 Å².